The number of rotatable bonds is 15. The Labute approximate surface area is 225 Å². The molecule has 0 spiro atoms. The lowest BCUT2D eigenvalue weighted by molar-refractivity contribution is -0.137. The van der Waals surface area contributed by atoms with Gasteiger partial charge in [0.25, 0.3) is 0 Å². The van der Waals surface area contributed by atoms with Gasteiger partial charge in [-0.2, -0.15) is 0 Å². The smallest absolute Gasteiger partial charge is 0.343 e. The zero-order chi connectivity index (χ0) is 27.2. The molecule has 0 fully saturated rings. The summed E-state index contributed by atoms with van der Waals surface area (Å²) in [5.41, 5.74) is 4.81. The van der Waals surface area contributed by atoms with E-state index < -0.39 is 5.97 Å². The maximum atomic E-state index is 12.7. The molecule has 0 radical (unpaired) electrons. The summed E-state index contributed by atoms with van der Waals surface area (Å²) in [4.78, 5) is 23.7. The first-order chi connectivity index (χ1) is 18.5. The van der Waals surface area contributed by atoms with Crippen molar-refractivity contribution in [2.75, 3.05) is 13.2 Å². The maximum absolute atomic E-state index is 12.7. The second kappa shape index (κ2) is 15.2. The minimum Gasteiger partial charge on any atom is -0.494 e. The largest absolute Gasteiger partial charge is 0.494 e. The Bertz CT molecular complexity index is 1210. The standard InChI is InChI=1S/C33H36O5/c1-4-11-25-12-14-27(15-13-25)31-21-20-30(24-26(31)5-2)38-33(35)28-16-18-29(19-17-28)36-22-9-7-8-10-23-37-32(34)6-3/h5-6,12-21,24H,2-4,7-11,22-23H2,1H3. The summed E-state index contributed by atoms with van der Waals surface area (Å²) in [5, 5.41) is 0. The minimum absolute atomic E-state index is 0.385. The molecule has 3 aromatic rings. The van der Waals surface area contributed by atoms with Crippen LogP contribution in [-0.2, 0) is 16.0 Å². The van der Waals surface area contributed by atoms with Crippen LogP contribution in [0.2, 0.25) is 0 Å². The third-order valence-corrected chi connectivity index (χ3v) is 6.07. The predicted molar refractivity (Wildman–Crippen MR) is 152 cm³/mol. The van der Waals surface area contributed by atoms with E-state index >= 15 is 0 Å². The molecule has 0 aliphatic rings. The van der Waals surface area contributed by atoms with Crippen LogP contribution in [0.5, 0.6) is 11.5 Å². The molecule has 198 valence electrons. The van der Waals surface area contributed by atoms with Crippen molar-refractivity contribution in [2.24, 2.45) is 0 Å². The van der Waals surface area contributed by atoms with Crippen LogP contribution in [-0.4, -0.2) is 25.2 Å². The fourth-order valence-electron chi connectivity index (χ4n) is 4.01. The van der Waals surface area contributed by atoms with Crippen LogP contribution in [0.25, 0.3) is 17.2 Å². The zero-order valence-corrected chi connectivity index (χ0v) is 22.1. The molecule has 0 bridgehead atoms. The number of esters is 2. The van der Waals surface area contributed by atoms with Gasteiger partial charge in [-0.1, -0.05) is 62.9 Å². The van der Waals surface area contributed by atoms with E-state index in [1.54, 1.807) is 36.4 Å². The number of benzene rings is 3. The van der Waals surface area contributed by atoms with Crippen molar-refractivity contribution in [3.63, 3.8) is 0 Å². The van der Waals surface area contributed by atoms with Crippen LogP contribution < -0.4 is 9.47 Å². The summed E-state index contributed by atoms with van der Waals surface area (Å²) >= 11 is 0. The van der Waals surface area contributed by atoms with Crippen molar-refractivity contribution in [2.45, 2.75) is 45.4 Å². The molecule has 0 aliphatic carbocycles. The lowest BCUT2D eigenvalue weighted by atomic mass is 9.97. The Morgan fingerprint density at radius 3 is 2.16 bits per heavy atom. The van der Waals surface area contributed by atoms with Crippen molar-refractivity contribution in [1.29, 1.82) is 0 Å². The second-order valence-electron chi connectivity index (χ2n) is 8.95. The van der Waals surface area contributed by atoms with E-state index in [0.29, 0.717) is 30.3 Å². The lowest BCUT2D eigenvalue weighted by Crippen LogP contribution is -2.08. The van der Waals surface area contributed by atoms with Gasteiger partial charge >= 0.3 is 11.9 Å². The highest BCUT2D eigenvalue weighted by Crippen LogP contribution is 2.29. The van der Waals surface area contributed by atoms with Gasteiger partial charge in [0.2, 0.25) is 0 Å². The monoisotopic (exact) mass is 512 g/mol. The molecule has 5 heteroatoms. The predicted octanol–water partition coefficient (Wildman–Crippen LogP) is 7.84. The molecular weight excluding hydrogens is 476 g/mol. The molecule has 0 heterocycles. The summed E-state index contributed by atoms with van der Waals surface area (Å²) in [6, 6.07) is 21.1. The summed E-state index contributed by atoms with van der Waals surface area (Å²) in [7, 11) is 0. The number of hydrogen-bond acceptors (Lipinski definition) is 5. The van der Waals surface area contributed by atoms with E-state index in [2.05, 4.69) is 44.3 Å². The highest BCUT2D eigenvalue weighted by atomic mass is 16.5. The molecule has 5 nitrogen and oxygen atoms in total. The summed E-state index contributed by atoms with van der Waals surface area (Å²) in [6.07, 6.45) is 8.77. The molecule has 0 amide bonds. The number of unbranched alkanes of at least 4 members (excludes halogenated alkanes) is 3. The van der Waals surface area contributed by atoms with Crippen LogP contribution in [0, 0.1) is 0 Å². The van der Waals surface area contributed by atoms with Gasteiger partial charge in [0, 0.05) is 6.08 Å². The van der Waals surface area contributed by atoms with Crippen molar-refractivity contribution in [3.8, 4) is 22.6 Å². The maximum Gasteiger partial charge on any atom is 0.343 e. The topological polar surface area (TPSA) is 61.8 Å². The fraction of sp³-hybridized carbons (Fsp3) is 0.273. The quantitative estimate of drug-likeness (QED) is 0.0898. The normalized spacial score (nSPS) is 10.4. The molecule has 0 unspecified atom stereocenters. The molecule has 3 aromatic carbocycles. The molecule has 3 rings (SSSR count). The van der Waals surface area contributed by atoms with Crippen molar-refractivity contribution in [1.82, 2.24) is 0 Å². The summed E-state index contributed by atoms with van der Waals surface area (Å²) in [6.45, 7) is 10.5. The lowest BCUT2D eigenvalue weighted by Gasteiger charge is -2.11. The van der Waals surface area contributed by atoms with Crippen molar-refractivity contribution in [3.05, 3.63) is 103 Å². The van der Waals surface area contributed by atoms with E-state index in [1.165, 1.54) is 11.6 Å². The number of hydrogen-bond donors (Lipinski definition) is 0. The Balaban J connectivity index is 1.47. The molecule has 0 N–H and O–H groups in total. The third kappa shape index (κ3) is 8.77. The average Bonchev–Trinajstić information content (AvgIpc) is 2.95. The van der Waals surface area contributed by atoms with E-state index in [0.717, 1.165) is 55.2 Å². The van der Waals surface area contributed by atoms with Gasteiger partial charge in [0.05, 0.1) is 18.8 Å². The SMILES string of the molecule is C=CC(=O)OCCCCCCOc1ccc(C(=O)Oc2ccc(-c3ccc(CCC)cc3)c(C=C)c2)cc1. The fourth-order valence-corrected chi connectivity index (χ4v) is 4.01. The third-order valence-electron chi connectivity index (χ3n) is 6.07. The van der Waals surface area contributed by atoms with Gasteiger partial charge in [-0.05, 0) is 90.8 Å². The van der Waals surface area contributed by atoms with E-state index in [4.69, 9.17) is 14.2 Å². The van der Waals surface area contributed by atoms with Gasteiger partial charge in [0.1, 0.15) is 11.5 Å². The Kier molecular flexibility index (Phi) is 11.4. The Morgan fingerprint density at radius 2 is 1.50 bits per heavy atom. The van der Waals surface area contributed by atoms with E-state index in [9.17, 15) is 9.59 Å². The van der Waals surface area contributed by atoms with Crippen LogP contribution in [0.3, 0.4) is 0 Å². The molecule has 38 heavy (non-hydrogen) atoms. The van der Waals surface area contributed by atoms with Crippen LogP contribution in [0.1, 0.15) is 60.5 Å². The molecule has 0 saturated carbocycles. The molecule has 0 aliphatic heterocycles. The Morgan fingerprint density at radius 1 is 0.816 bits per heavy atom. The number of carbonyl (C=O) groups excluding carboxylic acids is 2. The zero-order valence-electron chi connectivity index (χ0n) is 22.1. The van der Waals surface area contributed by atoms with Gasteiger partial charge in [-0.15, -0.1) is 0 Å². The second-order valence-corrected chi connectivity index (χ2v) is 8.95. The van der Waals surface area contributed by atoms with E-state index in [1.807, 2.05) is 12.1 Å². The van der Waals surface area contributed by atoms with Crippen LogP contribution in [0.4, 0.5) is 0 Å². The number of ether oxygens (including phenoxy) is 3. The first kappa shape index (κ1) is 28.5. The summed E-state index contributed by atoms with van der Waals surface area (Å²) < 4.78 is 16.3. The Hall–Kier alpha value is -4.12. The van der Waals surface area contributed by atoms with Crippen molar-refractivity contribution >= 4 is 18.0 Å². The average molecular weight is 513 g/mol. The van der Waals surface area contributed by atoms with Crippen molar-refractivity contribution < 1.29 is 23.8 Å². The molecule has 0 aromatic heterocycles. The summed E-state index contributed by atoms with van der Waals surface area (Å²) in [5.74, 6) is 0.352. The van der Waals surface area contributed by atoms with Gasteiger partial charge < -0.3 is 14.2 Å². The van der Waals surface area contributed by atoms with Gasteiger partial charge in [-0.3, -0.25) is 0 Å². The molecular formula is C33H36O5. The number of carbonyl (C=O) groups is 2. The van der Waals surface area contributed by atoms with Gasteiger partial charge in [-0.25, -0.2) is 9.59 Å². The number of aryl methyl sites for hydroxylation is 1. The van der Waals surface area contributed by atoms with Gasteiger partial charge in [0.15, 0.2) is 0 Å². The minimum atomic E-state index is -0.430. The molecule has 0 saturated heterocycles. The first-order valence-electron chi connectivity index (χ1n) is 13.1. The highest BCUT2D eigenvalue weighted by Gasteiger charge is 2.11. The molecule has 0 atom stereocenters. The van der Waals surface area contributed by atoms with E-state index in [-0.39, 0.29) is 5.97 Å². The van der Waals surface area contributed by atoms with Crippen LogP contribution in [0.15, 0.2) is 86.0 Å². The highest BCUT2D eigenvalue weighted by molar-refractivity contribution is 5.91. The van der Waals surface area contributed by atoms with Crippen LogP contribution >= 0.6 is 0 Å². The first-order valence-corrected chi connectivity index (χ1v) is 13.1.